The van der Waals surface area contributed by atoms with E-state index in [1.807, 2.05) is 24.3 Å². The second-order valence-corrected chi connectivity index (χ2v) is 10.5. The SMILES string of the molecule is C[C@]12CCC[C@H](C1)N(CCC[C@H](NC(=O)OCC1c3ccccc3-c3ccccc31)C(=O)O)C2. The number of rotatable bonds is 8. The molecule has 1 amide bonds. The molecule has 2 fully saturated rings. The van der Waals surface area contributed by atoms with E-state index in [-0.39, 0.29) is 12.5 Å². The third kappa shape index (κ3) is 4.56. The number of alkyl carbamates (subject to hydrolysis) is 1. The number of hydrogen-bond acceptors (Lipinski definition) is 4. The second-order valence-electron chi connectivity index (χ2n) is 10.5. The summed E-state index contributed by atoms with van der Waals surface area (Å²) in [6.07, 6.45) is 5.56. The van der Waals surface area contributed by atoms with Gasteiger partial charge >= 0.3 is 12.1 Å². The fourth-order valence-corrected chi connectivity index (χ4v) is 6.41. The summed E-state index contributed by atoms with van der Waals surface area (Å²) < 4.78 is 5.55. The van der Waals surface area contributed by atoms with E-state index in [1.165, 1.54) is 25.7 Å². The summed E-state index contributed by atoms with van der Waals surface area (Å²) in [4.78, 5) is 26.9. The van der Waals surface area contributed by atoms with Gasteiger partial charge in [0, 0.05) is 18.5 Å². The minimum atomic E-state index is -1.01. The number of benzene rings is 2. The average Bonchev–Trinajstić information content (AvgIpc) is 3.26. The van der Waals surface area contributed by atoms with Crippen LogP contribution >= 0.6 is 0 Å². The summed E-state index contributed by atoms with van der Waals surface area (Å²) in [6, 6.07) is 16.0. The van der Waals surface area contributed by atoms with E-state index in [4.69, 9.17) is 4.74 Å². The zero-order valence-electron chi connectivity index (χ0n) is 19.8. The predicted molar refractivity (Wildman–Crippen MR) is 131 cm³/mol. The number of carbonyl (C=O) groups excluding carboxylic acids is 1. The third-order valence-electron chi connectivity index (χ3n) is 8.02. The van der Waals surface area contributed by atoms with Crippen molar-refractivity contribution in [2.75, 3.05) is 19.7 Å². The molecule has 2 N–H and O–H groups in total. The summed E-state index contributed by atoms with van der Waals surface area (Å²) in [6.45, 7) is 4.55. The van der Waals surface area contributed by atoms with E-state index < -0.39 is 18.1 Å². The smallest absolute Gasteiger partial charge is 0.407 e. The molecule has 1 aliphatic heterocycles. The van der Waals surface area contributed by atoms with Gasteiger partial charge in [-0.1, -0.05) is 61.9 Å². The highest BCUT2D eigenvalue weighted by Crippen LogP contribution is 2.45. The highest BCUT2D eigenvalue weighted by Gasteiger charge is 2.42. The van der Waals surface area contributed by atoms with Crippen LogP contribution in [-0.4, -0.2) is 53.8 Å². The second kappa shape index (κ2) is 9.41. The lowest BCUT2D eigenvalue weighted by molar-refractivity contribution is -0.139. The molecule has 6 heteroatoms. The molecule has 2 aliphatic carbocycles. The fraction of sp³-hybridized carbons (Fsp3) is 0.500. The third-order valence-corrected chi connectivity index (χ3v) is 8.02. The number of carbonyl (C=O) groups is 2. The Hall–Kier alpha value is -2.86. The maximum atomic E-state index is 12.5. The van der Waals surface area contributed by atoms with Crippen molar-refractivity contribution in [3.05, 3.63) is 59.7 Å². The van der Waals surface area contributed by atoms with Crippen molar-refractivity contribution in [3.63, 3.8) is 0 Å². The van der Waals surface area contributed by atoms with Crippen molar-refractivity contribution >= 4 is 12.1 Å². The van der Waals surface area contributed by atoms with Crippen LogP contribution in [0.25, 0.3) is 11.1 Å². The van der Waals surface area contributed by atoms with Gasteiger partial charge < -0.3 is 15.2 Å². The molecule has 1 saturated heterocycles. The van der Waals surface area contributed by atoms with Crippen molar-refractivity contribution in [1.29, 1.82) is 0 Å². The van der Waals surface area contributed by atoms with Crippen LogP contribution in [0.3, 0.4) is 0 Å². The summed E-state index contributed by atoms with van der Waals surface area (Å²) in [5.74, 6) is -1.06. The van der Waals surface area contributed by atoms with E-state index in [0.717, 1.165) is 41.8 Å². The van der Waals surface area contributed by atoms with E-state index in [1.54, 1.807) is 0 Å². The zero-order valence-corrected chi connectivity index (χ0v) is 19.8. The Morgan fingerprint density at radius 3 is 2.47 bits per heavy atom. The van der Waals surface area contributed by atoms with Crippen LogP contribution in [0.15, 0.2) is 48.5 Å². The number of carboxylic acids is 1. The van der Waals surface area contributed by atoms with Crippen LogP contribution < -0.4 is 5.32 Å². The molecule has 1 heterocycles. The molecule has 1 saturated carbocycles. The van der Waals surface area contributed by atoms with Crippen LogP contribution in [0.4, 0.5) is 4.79 Å². The van der Waals surface area contributed by atoms with Gasteiger partial charge in [0.25, 0.3) is 0 Å². The van der Waals surface area contributed by atoms with Gasteiger partial charge in [0.15, 0.2) is 0 Å². The highest BCUT2D eigenvalue weighted by atomic mass is 16.5. The minimum Gasteiger partial charge on any atom is -0.480 e. The normalized spacial score (nSPS) is 24.3. The van der Waals surface area contributed by atoms with Gasteiger partial charge in [0.05, 0.1) is 0 Å². The standard InChI is InChI=1S/C28H34N2O4/c1-28-14-6-8-19(16-28)30(18-28)15-7-13-25(26(31)32)29-27(33)34-17-24-22-11-4-2-9-20(22)21-10-3-5-12-23(21)24/h2-5,9-12,19,24-25H,6-8,13-18H2,1H3,(H,29,33)(H,31,32)/t19-,25+,28+/m1/s1. The number of ether oxygens (including phenoxy) is 1. The van der Waals surface area contributed by atoms with Crippen LogP contribution in [0.5, 0.6) is 0 Å². The number of nitrogens with zero attached hydrogens (tertiary/aromatic N) is 1. The van der Waals surface area contributed by atoms with E-state index in [9.17, 15) is 14.7 Å². The maximum Gasteiger partial charge on any atom is 0.407 e. The Balaban J connectivity index is 1.14. The number of fused-ring (bicyclic) bond motifs is 5. The van der Waals surface area contributed by atoms with Gasteiger partial charge in [0.2, 0.25) is 0 Å². The first-order valence-corrected chi connectivity index (χ1v) is 12.5. The van der Waals surface area contributed by atoms with E-state index in [2.05, 4.69) is 41.4 Å². The van der Waals surface area contributed by atoms with Gasteiger partial charge in [-0.25, -0.2) is 9.59 Å². The fourth-order valence-electron chi connectivity index (χ4n) is 6.41. The zero-order chi connectivity index (χ0) is 23.7. The maximum absolute atomic E-state index is 12.5. The molecular weight excluding hydrogens is 428 g/mol. The first-order valence-electron chi connectivity index (χ1n) is 12.5. The molecule has 34 heavy (non-hydrogen) atoms. The molecule has 0 radical (unpaired) electrons. The molecule has 6 nitrogen and oxygen atoms in total. The predicted octanol–water partition coefficient (Wildman–Crippen LogP) is 5.02. The number of likely N-dealkylation sites (tertiary alicyclic amines) is 1. The highest BCUT2D eigenvalue weighted by molar-refractivity contribution is 5.81. The first-order chi connectivity index (χ1) is 16.4. The van der Waals surface area contributed by atoms with Crippen molar-refractivity contribution in [2.24, 2.45) is 5.41 Å². The van der Waals surface area contributed by atoms with Gasteiger partial charge in [-0.15, -0.1) is 0 Å². The molecule has 2 aromatic rings. The molecule has 3 aliphatic rings. The Labute approximate surface area is 201 Å². The number of hydrogen-bond donors (Lipinski definition) is 2. The largest absolute Gasteiger partial charge is 0.480 e. The van der Waals surface area contributed by atoms with Gasteiger partial charge in [-0.05, 0) is 66.3 Å². The van der Waals surface area contributed by atoms with Crippen molar-refractivity contribution < 1.29 is 19.4 Å². The Morgan fingerprint density at radius 2 is 1.82 bits per heavy atom. The van der Waals surface area contributed by atoms with Crippen molar-refractivity contribution in [1.82, 2.24) is 10.2 Å². The average molecular weight is 463 g/mol. The Kier molecular flexibility index (Phi) is 6.34. The van der Waals surface area contributed by atoms with Gasteiger partial charge in [-0.3, -0.25) is 4.90 Å². The summed E-state index contributed by atoms with van der Waals surface area (Å²) in [5.41, 5.74) is 5.02. The Bertz CT molecular complexity index is 1020. The summed E-state index contributed by atoms with van der Waals surface area (Å²) in [5, 5.41) is 12.2. The monoisotopic (exact) mass is 462 g/mol. The van der Waals surface area contributed by atoms with Crippen LogP contribution in [0.1, 0.15) is 62.5 Å². The van der Waals surface area contributed by atoms with Gasteiger partial charge in [0.1, 0.15) is 12.6 Å². The number of carboxylic acid groups (broad SMARTS) is 1. The van der Waals surface area contributed by atoms with Crippen molar-refractivity contribution in [2.45, 2.75) is 63.5 Å². The molecular formula is C28H34N2O4. The number of nitrogens with one attached hydrogen (secondary N) is 1. The molecule has 0 aromatic heterocycles. The first kappa shape index (κ1) is 22.9. The molecule has 0 spiro atoms. The van der Waals surface area contributed by atoms with Crippen molar-refractivity contribution in [3.8, 4) is 11.1 Å². The van der Waals surface area contributed by atoms with Crippen LogP contribution in [-0.2, 0) is 9.53 Å². The molecule has 3 atom stereocenters. The topological polar surface area (TPSA) is 78.9 Å². The van der Waals surface area contributed by atoms with Gasteiger partial charge in [-0.2, -0.15) is 0 Å². The Morgan fingerprint density at radius 1 is 1.15 bits per heavy atom. The molecule has 2 aromatic carbocycles. The quantitative estimate of drug-likeness (QED) is 0.576. The molecule has 2 bridgehead atoms. The summed E-state index contributed by atoms with van der Waals surface area (Å²) in [7, 11) is 0. The van der Waals surface area contributed by atoms with E-state index >= 15 is 0 Å². The lowest BCUT2D eigenvalue weighted by Crippen LogP contribution is -2.42. The number of amides is 1. The minimum absolute atomic E-state index is 0.0442. The van der Waals surface area contributed by atoms with Crippen LogP contribution in [0.2, 0.25) is 0 Å². The lowest BCUT2D eigenvalue weighted by atomic mass is 9.78. The molecule has 5 rings (SSSR count). The lowest BCUT2D eigenvalue weighted by Gasteiger charge is -2.27. The number of aliphatic carboxylic acids is 1. The summed E-state index contributed by atoms with van der Waals surface area (Å²) >= 11 is 0. The molecule has 0 unspecified atom stereocenters. The molecule has 180 valence electrons. The van der Waals surface area contributed by atoms with Crippen LogP contribution in [0, 0.1) is 5.41 Å². The van der Waals surface area contributed by atoms with E-state index in [0.29, 0.717) is 17.9 Å².